The van der Waals surface area contributed by atoms with Crippen LogP contribution in [0.25, 0.3) is 9.75 Å². The topological polar surface area (TPSA) is 137 Å². The molecular weight excluding hydrogens is 362 g/mol. The average Bonchev–Trinajstić information content (AvgIpc) is 3.10. The third-order valence-electron chi connectivity index (χ3n) is 2.60. The van der Waals surface area contributed by atoms with Crippen LogP contribution in [-0.2, 0) is 0 Å². The summed E-state index contributed by atoms with van der Waals surface area (Å²) >= 11 is 6.63. The van der Waals surface area contributed by atoms with Gasteiger partial charge in [-0.25, -0.2) is 0 Å². The van der Waals surface area contributed by atoms with Gasteiger partial charge in [0.1, 0.15) is 4.88 Å². The van der Waals surface area contributed by atoms with E-state index in [1.165, 1.54) is 18.2 Å². The Morgan fingerprint density at radius 1 is 1.30 bits per heavy atom. The number of hydrazone groups is 1. The molecule has 12 heteroatoms. The summed E-state index contributed by atoms with van der Waals surface area (Å²) in [6, 6.07) is 4.18. The summed E-state index contributed by atoms with van der Waals surface area (Å²) in [7, 11) is 0. The lowest BCUT2D eigenvalue weighted by Gasteiger charge is -1.97. The molecule has 2 aromatic rings. The van der Waals surface area contributed by atoms with Crippen LogP contribution in [0.15, 0.2) is 23.3 Å². The van der Waals surface area contributed by atoms with Gasteiger partial charge in [0.25, 0.3) is 5.69 Å². The van der Waals surface area contributed by atoms with E-state index in [0.29, 0.717) is 20.3 Å². The first kappa shape index (κ1) is 16.9. The quantitative estimate of drug-likeness (QED) is 0.357. The normalized spacial score (nSPS) is 11.3. The van der Waals surface area contributed by atoms with Gasteiger partial charge < -0.3 is 5.73 Å². The van der Waals surface area contributed by atoms with Gasteiger partial charge in [-0.1, -0.05) is 11.3 Å². The Morgan fingerprint density at radius 3 is 2.52 bits per heavy atom. The number of rotatable bonds is 5. The maximum Gasteiger partial charge on any atom is 0.324 e. The van der Waals surface area contributed by atoms with Gasteiger partial charge in [-0.15, -0.1) is 11.3 Å². The first-order valence-corrected chi connectivity index (χ1v) is 7.96. The van der Waals surface area contributed by atoms with E-state index < -0.39 is 9.85 Å². The molecule has 120 valence electrons. The molecule has 0 spiro atoms. The molecule has 9 nitrogen and oxygen atoms in total. The van der Waals surface area contributed by atoms with E-state index >= 15 is 0 Å². The fourth-order valence-corrected chi connectivity index (χ4v) is 3.67. The molecule has 2 aromatic heterocycles. The summed E-state index contributed by atoms with van der Waals surface area (Å²) < 4.78 is 0. The van der Waals surface area contributed by atoms with Crippen LogP contribution in [-0.4, -0.2) is 20.7 Å². The Hall–Kier alpha value is -2.44. The van der Waals surface area contributed by atoms with Crippen LogP contribution in [0.4, 0.5) is 10.7 Å². The maximum absolute atomic E-state index is 11.2. The molecule has 0 aliphatic carbocycles. The van der Waals surface area contributed by atoms with Crippen molar-refractivity contribution in [3.8, 4) is 9.75 Å². The Morgan fingerprint density at radius 2 is 2.00 bits per heavy atom. The monoisotopic (exact) mass is 371 g/mol. The SMILES string of the molecule is CC(=NNC(N)=S)c1cc([N+](=O)[O-])c(-c2ccc([N+](=O)[O-])s2)s1. The lowest BCUT2D eigenvalue weighted by Crippen LogP contribution is -2.25. The fourth-order valence-electron chi connectivity index (χ4n) is 1.61. The second kappa shape index (κ2) is 6.76. The van der Waals surface area contributed by atoms with Gasteiger partial charge in [0.15, 0.2) is 5.11 Å². The highest BCUT2D eigenvalue weighted by Crippen LogP contribution is 2.43. The molecule has 23 heavy (non-hydrogen) atoms. The van der Waals surface area contributed by atoms with Gasteiger partial charge >= 0.3 is 5.00 Å². The van der Waals surface area contributed by atoms with Crippen LogP contribution >= 0.6 is 34.9 Å². The Bertz CT molecular complexity index is 825. The standard InChI is InChI=1S/C11H9N5O4S3/c1-5(13-14-11(12)21)8-4-6(15(17)18)10(23-8)7-2-3-9(22-7)16(19)20/h2-4H,1H3,(H3,12,14,21). The van der Waals surface area contributed by atoms with Crippen molar-refractivity contribution in [2.24, 2.45) is 10.8 Å². The molecule has 0 aliphatic heterocycles. The van der Waals surface area contributed by atoms with E-state index in [1.807, 2.05) is 0 Å². The van der Waals surface area contributed by atoms with E-state index in [2.05, 4.69) is 22.7 Å². The van der Waals surface area contributed by atoms with Crippen molar-refractivity contribution < 1.29 is 9.85 Å². The van der Waals surface area contributed by atoms with Crippen molar-refractivity contribution in [3.63, 3.8) is 0 Å². The summed E-state index contributed by atoms with van der Waals surface area (Å²) in [6.45, 7) is 1.64. The van der Waals surface area contributed by atoms with Crippen LogP contribution < -0.4 is 11.2 Å². The van der Waals surface area contributed by atoms with Crippen LogP contribution in [0.3, 0.4) is 0 Å². The molecule has 0 atom stereocenters. The highest BCUT2D eigenvalue weighted by molar-refractivity contribution is 7.80. The molecule has 0 radical (unpaired) electrons. The second-order valence-electron chi connectivity index (χ2n) is 4.15. The maximum atomic E-state index is 11.2. The molecule has 0 saturated heterocycles. The van der Waals surface area contributed by atoms with E-state index in [-0.39, 0.29) is 15.8 Å². The molecule has 0 bridgehead atoms. The van der Waals surface area contributed by atoms with E-state index in [0.717, 1.165) is 22.7 Å². The van der Waals surface area contributed by atoms with Gasteiger partial charge in [0.05, 0.1) is 25.3 Å². The van der Waals surface area contributed by atoms with Crippen LogP contribution in [0, 0.1) is 20.2 Å². The molecule has 0 fully saturated rings. The highest BCUT2D eigenvalue weighted by Gasteiger charge is 2.24. The summed E-state index contributed by atoms with van der Waals surface area (Å²) in [5, 5.41) is 25.8. The smallest absolute Gasteiger partial charge is 0.324 e. The summed E-state index contributed by atoms with van der Waals surface area (Å²) in [6.07, 6.45) is 0. The first-order valence-electron chi connectivity index (χ1n) is 5.92. The number of nitrogens with zero attached hydrogens (tertiary/aromatic N) is 3. The number of nitrogens with one attached hydrogen (secondary N) is 1. The van der Waals surface area contributed by atoms with Crippen molar-refractivity contribution in [1.82, 2.24) is 5.43 Å². The van der Waals surface area contributed by atoms with Gasteiger partial charge in [-0.2, -0.15) is 5.10 Å². The van der Waals surface area contributed by atoms with Crippen LogP contribution in [0.1, 0.15) is 11.8 Å². The van der Waals surface area contributed by atoms with E-state index in [4.69, 9.17) is 5.73 Å². The van der Waals surface area contributed by atoms with Gasteiger partial charge in [-0.05, 0) is 25.2 Å². The van der Waals surface area contributed by atoms with Crippen molar-refractivity contribution in [2.45, 2.75) is 6.92 Å². The molecule has 0 aliphatic rings. The zero-order valence-electron chi connectivity index (χ0n) is 11.5. The minimum absolute atomic E-state index is 0.0236. The molecular formula is C11H9N5O4S3. The number of thiophene rings is 2. The third kappa shape index (κ3) is 3.85. The highest BCUT2D eigenvalue weighted by atomic mass is 32.1. The Balaban J connectivity index is 2.46. The predicted octanol–water partition coefficient (Wildman–Crippen LogP) is 2.85. The summed E-state index contributed by atoms with van der Waals surface area (Å²) in [5.41, 5.74) is 8.01. The molecule has 0 aromatic carbocycles. The predicted molar refractivity (Wildman–Crippen MR) is 93.1 cm³/mol. The molecule has 2 heterocycles. The van der Waals surface area contributed by atoms with Crippen molar-refractivity contribution >= 4 is 56.4 Å². The summed E-state index contributed by atoms with van der Waals surface area (Å²) in [5.74, 6) is 0. The van der Waals surface area contributed by atoms with E-state index in [1.54, 1.807) is 6.92 Å². The molecule has 0 amide bonds. The average molecular weight is 371 g/mol. The summed E-state index contributed by atoms with van der Waals surface area (Å²) in [4.78, 5) is 22.2. The zero-order valence-corrected chi connectivity index (χ0v) is 14.0. The van der Waals surface area contributed by atoms with Gasteiger partial charge in [0.2, 0.25) is 0 Å². The lowest BCUT2D eigenvalue weighted by atomic mass is 10.3. The van der Waals surface area contributed by atoms with Crippen LogP contribution in [0.5, 0.6) is 0 Å². The number of thiocarbonyl (C=S) groups is 1. The van der Waals surface area contributed by atoms with E-state index in [9.17, 15) is 20.2 Å². The lowest BCUT2D eigenvalue weighted by molar-refractivity contribution is -0.383. The molecule has 0 saturated carbocycles. The first-order chi connectivity index (χ1) is 10.8. The molecule has 2 rings (SSSR count). The number of nitro groups is 2. The third-order valence-corrected chi connectivity index (χ3v) is 5.14. The minimum Gasteiger partial charge on any atom is -0.375 e. The van der Waals surface area contributed by atoms with Crippen molar-refractivity contribution in [3.05, 3.63) is 43.3 Å². The zero-order chi connectivity index (χ0) is 17.1. The molecule has 3 N–H and O–H groups in total. The number of nitrogens with two attached hydrogens (primary N) is 1. The Kier molecular flexibility index (Phi) is 4.98. The van der Waals surface area contributed by atoms with Gasteiger partial charge in [-0.3, -0.25) is 25.7 Å². The Labute approximate surface area is 142 Å². The number of hydrogen-bond donors (Lipinski definition) is 2. The fraction of sp³-hybridized carbons (Fsp3) is 0.0909. The van der Waals surface area contributed by atoms with Crippen molar-refractivity contribution in [1.29, 1.82) is 0 Å². The second-order valence-corrected chi connectivity index (χ2v) is 6.70. The van der Waals surface area contributed by atoms with Crippen molar-refractivity contribution in [2.75, 3.05) is 0 Å². The molecule has 0 unspecified atom stereocenters. The van der Waals surface area contributed by atoms with Crippen LogP contribution in [0.2, 0.25) is 0 Å². The minimum atomic E-state index is -0.534. The number of hydrogen-bond acceptors (Lipinski definition) is 8. The largest absolute Gasteiger partial charge is 0.375 e. The van der Waals surface area contributed by atoms with Gasteiger partial charge in [0, 0.05) is 12.1 Å².